The lowest BCUT2D eigenvalue weighted by Crippen LogP contribution is -2.10. The van der Waals surface area contributed by atoms with Crippen LogP contribution >= 0.6 is 31.9 Å². The molecule has 1 aliphatic carbocycles. The van der Waals surface area contributed by atoms with E-state index in [2.05, 4.69) is 56.1 Å². The van der Waals surface area contributed by atoms with Crippen LogP contribution in [0.3, 0.4) is 0 Å². The SMILES string of the molecule is BrCC(COCC1CC1)c1cccc(Br)c1. The predicted molar refractivity (Wildman–Crippen MR) is 74.2 cm³/mol. The van der Waals surface area contributed by atoms with Crippen molar-refractivity contribution in [3.8, 4) is 0 Å². The van der Waals surface area contributed by atoms with Crippen LogP contribution < -0.4 is 0 Å². The highest BCUT2D eigenvalue weighted by Crippen LogP contribution is 2.29. The van der Waals surface area contributed by atoms with Gasteiger partial charge in [0.2, 0.25) is 0 Å². The van der Waals surface area contributed by atoms with Crippen LogP contribution in [-0.2, 0) is 4.74 Å². The zero-order valence-electron chi connectivity index (χ0n) is 9.16. The molecule has 0 bridgehead atoms. The maximum Gasteiger partial charge on any atom is 0.0542 e. The number of halogens is 2. The van der Waals surface area contributed by atoms with Crippen LogP contribution in [0.5, 0.6) is 0 Å². The second-order valence-corrected chi connectivity index (χ2v) is 5.95. The van der Waals surface area contributed by atoms with Gasteiger partial charge in [0.05, 0.1) is 6.61 Å². The first kappa shape index (κ1) is 12.6. The normalized spacial score (nSPS) is 17.4. The van der Waals surface area contributed by atoms with Crippen molar-refractivity contribution < 1.29 is 4.74 Å². The van der Waals surface area contributed by atoms with Gasteiger partial charge in [0, 0.05) is 22.3 Å². The predicted octanol–water partition coefficient (Wildman–Crippen LogP) is 4.35. The number of rotatable bonds is 6. The second-order valence-electron chi connectivity index (χ2n) is 4.39. The van der Waals surface area contributed by atoms with Crippen LogP contribution in [-0.4, -0.2) is 18.5 Å². The van der Waals surface area contributed by atoms with Crippen molar-refractivity contribution in [2.24, 2.45) is 5.92 Å². The van der Waals surface area contributed by atoms with Crippen molar-refractivity contribution in [1.29, 1.82) is 0 Å². The van der Waals surface area contributed by atoms with Crippen LogP contribution in [0.2, 0.25) is 0 Å². The minimum Gasteiger partial charge on any atom is -0.380 e. The van der Waals surface area contributed by atoms with E-state index in [0.29, 0.717) is 5.92 Å². The lowest BCUT2D eigenvalue weighted by atomic mass is 10.0. The molecular formula is C13H16Br2O. The maximum atomic E-state index is 5.76. The van der Waals surface area contributed by atoms with Gasteiger partial charge in [0.15, 0.2) is 0 Å². The van der Waals surface area contributed by atoms with Crippen molar-refractivity contribution in [2.75, 3.05) is 18.5 Å². The molecule has 3 heteroatoms. The van der Waals surface area contributed by atoms with Gasteiger partial charge in [-0.05, 0) is 36.5 Å². The fraction of sp³-hybridized carbons (Fsp3) is 0.538. The highest BCUT2D eigenvalue weighted by atomic mass is 79.9. The van der Waals surface area contributed by atoms with Crippen molar-refractivity contribution in [3.63, 3.8) is 0 Å². The number of hydrogen-bond acceptors (Lipinski definition) is 1. The van der Waals surface area contributed by atoms with Crippen molar-refractivity contribution in [3.05, 3.63) is 34.3 Å². The van der Waals surface area contributed by atoms with Gasteiger partial charge in [-0.25, -0.2) is 0 Å². The Labute approximate surface area is 114 Å². The molecule has 1 unspecified atom stereocenters. The van der Waals surface area contributed by atoms with Crippen LogP contribution in [0.1, 0.15) is 24.3 Å². The fourth-order valence-electron chi connectivity index (χ4n) is 1.65. The summed E-state index contributed by atoms with van der Waals surface area (Å²) in [7, 11) is 0. The van der Waals surface area contributed by atoms with Crippen LogP contribution in [0.25, 0.3) is 0 Å². The Morgan fingerprint density at radius 1 is 1.38 bits per heavy atom. The van der Waals surface area contributed by atoms with Gasteiger partial charge in [-0.1, -0.05) is 44.0 Å². The average molecular weight is 348 g/mol. The largest absolute Gasteiger partial charge is 0.380 e. The standard InChI is InChI=1S/C13H16Br2O/c14-7-12(9-16-8-10-4-5-10)11-2-1-3-13(15)6-11/h1-3,6,10,12H,4-5,7-9H2. The maximum absolute atomic E-state index is 5.76. The molecule has 1 saturated carbocycles. The Morgan fingerprint density at radius 3 is 2.81 bits per heavy atom. The van der Waals surface area contributed by atoms with Crippen molar-refractivity contribution >= 4 is 31.9 Å². The van der Waals surface area contributed by atoms with E-state index in [-0.39, 0.29) is 0 Å². The molecule has 0 aromatic heterocycles. The Kier molecular flexibility index (Phi) is 4.86. The highest BCUT2D eigenvalue weighted by Gasteiger charge is 2.22. The molecule has 0 aliphatic heterocycles. The molecule has 0 N–H and O–H groups in total. The minimum absolute atomic E-state index is 0.455. The monoisotopic (exact) mass is 346 g/mol. The molecular weight excluding hydrogens is 332 g/mol. The summed E-state index contributed by atoms with van der Waals surface area (Å²) in [6.07, 6.45) is 2.71. The number of ether oxygens (including phenoxy) is 1. The Morgan fingerprint density at radius 2 is 2.19 bits per heavy atom. The number of hydrogen-bond donors (Lipinski definition) is 0. The third-order valence-corrected chi connectivity index (χ3v) is 4.15. The Hall–Kier alpha value is 0.140. The summed E-state index contributed by atoms with van der Waals surface area (Å²) in [5, 5.41) is 0.952. The summed E-state index contributed by atoms with van der Waals surface area (Å²) in [5.74, 6) is 1.30. The first-order valence-electron chi connectivity index (χ1n) is 5.68. The van der Waals surface area contributed by atoms with E-state index < -0.39 is 0 Å². The van der Waals surface area contributed by atoms with E-state index in [1.165, 1.54) is 18.4 Å². The van der Waals surface area contributed by atoms with E-state index in [4.69, 9.17) is 4.74 Å². The molecule has 16 heavy (non-hydrogen) atoms. The first-order chi connectivity index (χ1) is 7.79. The Bertz CT molecular complexity index is 336. The Balaban J connectivity index is 1.87. The van der Waals surface area contributed by atoms with Crippen LogP contribution in [0.15, 0.2) is 28.7 Å². The van der Waals surface area contributed by atoms with Crippen molar-refractivity contribution in [2.45, 2.75) is 18.8 Å². The highest BCUT2D eigenvalue weighted by molar-refractivity contribution is 9.10. The lowest BCUT2D eigenvalue weighted by molar-refractivity contribution is 0.115. The smallest absolute Gasteiger partial charge is 0.0542 e. The second kappa shape index (κ2) is 6.18. The minimum atomic E-state index is 0.455. The molecule has 1 aliphatic rings. The van der Waals surface area contributed by atoms with E-state index >= 15 is 0 Å². The molecule has 1 atom stereocenters. The van der Waals surface area contributed by atoms with E-state index in [9.17, 15) is 0 Å². The average Bonchev–Trinajstić information content (AvgIpc) is 3.08. The van der Waals surface area contributed by atoms with Gasteiger partial charge in [0.25, 0.3) is 0 Å². The first-order valence-corrected chi connectivity index (χ1v) is 7.60. The summed E-state index contributed by atoms with van der Waals surface area (Å²) in [6, 6.07) is 8.47. The molecule has 0 amide bonds. The lowest BCUT2D eigenvalue weighted by Gasteiger charge is -2.15. The van der Waals surface area contributed by atoms with E-state index in [0.717, 1.165) is 28.9 Å². The summed E-state index contributed by atoms with van der Waals surface area (Å²) in [4.78, 5) is 0. The topological polar surface area (TPSA) is 9.23 Å². The van der Waals surface area contributed by atoms with E-state index in [1.54, 1.807) is 0 Å². The van der Waals surface area contributed by atoms with Gasteiger partial charge < -0.3 is 4.74 Å². The molecule has 0 spiro atoms. The molecule has 1 aromatic rings. The zero-order valence-corrected chi connectivity index (χ0v) is 12.3. The van der Waals surface area contributed by atoms with Gasteiger partial charge in [-0.15, -0.1) is 0 Å². The molecule has 0 saturated heterocycles. The molecule has 1 aromatic carbocycles. The quantitative estimate of drug-likeness (QED) is 0.695. The summed E-state index contributed by atoms with van der Waals surface area (Å²) in [5.41, 5.74) is 1.34. The molecule has 1 nitrogen and oxygen atoms in total. The van der Waals surface area contributed by atoms with Crippen molar-refractivity contribution in [1.82, 2.24) is 0 Å². The third-order valence-electron chi connectivity index (χ3n) is 2.88. The van der Waals surface area contributed by atoms with Gasteiger partial charge in [-0.2, -0.15) is 0 Å². The molecule has 2 rings (SSSR count). The summed E-state index contributed by atoms with van der Waals surface area (Å²) >= 11 is 7.07. The van der Waals surface area contributed by atoms with Gasteiger partial charge >= 0.3 is 0 Å². The summed E-state index contributed by atoms with van der Waals surface area (Å²) in [6.45, 7) is 1.76. The zero-order chi connectivity index (χ0) is 11.4. The number of alkyl halides is 1. The van der Waals surface area contributed by atoms with Crippen LogP contribution in [0, 0.1) is 5.92 Å². The van der Waals surface area contributed by atoms with Gasteiger partial charge in [-0.3, -0.25) is 0 Å². The summed E-state index contributed by atoms with van der Waals surface area (Å²) < 4.78 is 6.90. The molecule has 1 fully saturated rings. The molecule has 88 valence electrons. The van der Waals surface area contributed by atoms with Gasteiger partial charge in [0.1, 0.15) is 0 Å². The molecule has 0 heterocycles. The molecule has 0 radical (unpaired) electrons. The number of benzene rings is 1. The van der Waals surface area contributed by atoms with Crippen LogP contribution in [0.4, 0.5) is 0 Å². The van der Waals surface area contributed by atoms with E-state index in [1.807, 2.05) is 0 Å². The third kappa shape index (κ3) is 3.86. The fourth-order valence-corrected chi connectivity index (χ4v) is 2.63.